The highest BCUT2D eigenvalue weighted by Crippen LogP contribution is 2.65. The Bertz CT molecular complexity index is 615. The molecule has 0 radical (unpaired) electrons. The van der Waals surface area contributed by atoms with E-state index in [1.807, 2.05) is 0 Å². The summed E-state index contributed by atoms with van der Waals surface area (Å²) in [6.07, 6.45) is 3.11. The number of halogens is 4. The third-order valence-electron chi connectivity index (χ3n) is 5.37. The van der Waals surface area contributed by atoms with Crippen molar-refractivity contribution in [2.75, 3.05) is 0 Å². The van der Waals surface area contributed by atoms with Gasteiger partial charge in [-0.25, -0.2) is 17.6 Å². The SMILES string of the molecule is C[C@@]12O[C@@H](c3c(F)c(F)c(F)c(F)c31)[C@H]1CCCC[C@H]12. The van der Waals surface area contributed by atoms with Crippen LogP contribution in [0, 0.1) is 35.1 Å². The number of hydrogen-bond donors (Lipinski definition) is 0. The number of ether oxygens (including phenoxy) is 1. The van der Waals surface area contributed by atoms with E-state index in [0.717, 1.165) is 25.7 Å². The minimum atomic E-state index is -1.73. The molecule has 108 valence electrons. The molecule has 2 fully saturated rings. The van der Waals surface area contributed by atoms with Crippen molar-refractivity contribution < 1.29 is 22.3 Å². The molecular formula is C15H14F4O. The first-order valence-electron chi connectivity index (χ1n) is 7.01. The second kappa shape index (κ2) is 3.75. The predicted octanol–water partition coefficient (Wildman–Crippen LogP) is 4.35. The van der Waals surface area contributed by atoms with Gasteiger partial charge in [0, 0.05) is 11.1 Å². The highest BCUT2D eigenvalue weighted by atomic mass is 19.2. The lowest BCUT2D eigenvalue weighted by atomic mass is 9.63. The summed E-state index contributed by atoms with van der Waals surface area (Å²) in [5.74, 6) is -5.88. The van der Waals surface area contributed by atoms with Gasteiger partial charge in [-0.3, -0.25) is 0 Å². The zero-order chi connectivity index (χ0) is 14.2. The first-order valence-corrected chi connectivity index (χ1v) is 7.01. The van der Waals surface area contributed by atoms with Gasteiger partial charge in [-0.05, 0) is 31.6 Å². The molecule has 0 spiro atoms. The topological polar surface area (TPSA) is 9.23 Å². The third kappa shape index (κ3) is 1.23. The summed E-state index contributed by atoms with van der Waals surface area (Å²) >= 11 is 0. The van der Waals surface area contributed by atoms with E-state index in [9.17, 15) is 17.6 Å². The number of rotatable bonds is 0. The lowest BCUT2D eigenvalue weighted by molar-refractivity contribution is -0.0302. The Hall–Kier alpha value is -1.10. The minimum absolute atomic E-state index is 0.0625. The standard InChI is InChI=1S/C15H14F4O/c1-15-7-5-3-2-4-6(7)14(20-15)8-9(15)11(17)13(19)12(18)10(8)16/h6-7,14H,2-5H2,1H3/t6-,7+,14+,15-/m0/s1. The molecule has 3 aliphatic rings. The Kier molecular flexibility index (Phi) is 2.37. The molecule has 4 rings (SSSR count). The molecule has 4 atom stereocenters. The summed E-state index contributed by atoms with van der Waals surface area (Å²) in [5, 5.41) is 0. The minimum Gasteiger partial charge on any atom is -0.362 e. The molecule has 0 unspecified atom stereocenters. The van der Waals surface area contributed by atoms with Crippen molar-refractivity contribution in [1.29, 1.82) is 0 Å². The lowest BCUT2D eigenvalue weighted by Crippen LogP contribution is -2.36. The molecule has 1 saturated heterocycles. The molecule has 1 aromatic rings. The van der Waals surface area contributed by atoms with Gasteiger partial charge in [0.2, 0.25) is 0 Å². The van der Waals surface area contributed by atoms with E-state index >= 15 is 0 Å². The number of benzene rings is 1. The van der Waals surface area contributed by atoms with Crippen LogP contribution in [0.1, 0.15) is 49.8 Å². The van der Waals surface area contributed by atoms with Crippen molar-refractivity contribution in [2.45, 2.75) is 44.3 Å². The van der Waals surface area contributed by atoms with Crippen molar-refractivity contribution in [3.8, 4) is 0 Å². The van der Waals surface area contributed by atoms with Gasteiger partial charge in [0.05, 0.1) is 11.7 Å². The molecule has 1 saturated carbocycles. The average molecular weight is 286 g/mol. The Labute approximate surface area is 113 Å². The maximum absolute atomic E-state index is 14.1. The van der Waals surface area contributed by atoms with Crippen LogP contribution >= 0.6 is 0 Å². The fraction of sp³-hybridized carbons (Fsp3) is 0.600. The molecule has 1 aliphatic carbocycles. The Morgan fingerprint density at radius 3 is 2.35 bits per heavy atom. The fourth-order valence-corrected chi connectivity index (χ4v) is 4.56. The highest BCUT2D eigenvalue weighted by Gasteiger charge is 2.62. The maximum atomic E-state index is 14.1. The van der Waals surface area contributed by atoms with Crippen LogP contribution in [-0.4, -0.2) is 0 Å². The summed E-state index contributed by atoms with van der Waals surface area (Å²) in [7, 11) is 0. The predicted molar refractivity (Wildman–Crippen MR) is 62.9 cm³/mol. The van der Waals surface area contributed by atoms with Gasteiger partial charge < -0.3 is 4.74 Å². The molecular weight excluding hydrogens is 272 g/mol. The van der Waals surface area contributed by atoms with Gasteiger partial charge in [0.1, 0.15) is 0 Å². The Balaban J connectivity index is 2.00. The molecule has 1 aromatic carbocycles. The first kappa shape index (κ1) is 12.6. The van der Waals surface area contributed by atoms with Crippen LogP contribution in [0.4, 0.5) is 17.6 Å². The number of hydrogen-bond acceptors (Lipinski definition) is 1. The first-order chi connectivity index (χ1) is 9.47. The summed E-state index contributed by atoms with van der Waals surface area (Å²) in [6.45, 7) is 1.68. The van der Waals surface area contributed by atoms with Crippen molar-refractivity contribution in [3.05, 3.63) is 34.4 Å². The van der Waals surface area contributed by atoms with Crippen LogP contribution in [0.15, 0.2) is 0 Å². The molecule has 2 heterocycles. The second-order valence-electron chi connectivity index (χ2n) is 6.24. The molecule has 0 aromatic heterocycles. The molecule has 0 N–H and O–H groups in total. The summed E-state index contributed by atoms with van der Waals surface area (Å²) < 4.78 is 61.0. The second-order valence-corrected chi connectivity index (χ2v) is 6.24. The number of fused-ring (bicyclic) bond motifs is 8. The maximum Gasteiger partial charge on any atom is 0.197 e. The lowest BCUT2D eigenvalue weighted by Gasteiger charge is -2.38. The van der Waals surface area contributed by atoms with Crippen molar-refractivity contribution in [1.82, 2.24) is 0 Å². The van der Waals surface area contributed by atoms with Gasteiger partial charge in [-0.2, -0.15) is 0 Å². The zero-order valence-electron chi connectivity index (χ0n) is 11.0. The Morgan fingerprint density at radius 2 is 1.60 bits per heavy atom. The van der Waals surface area contributed by atoms with E-state index in [0.29, 0.717) is 0 Å². The van der Waals surface area contributed by atoms with Crippen molar-refractivity contribution in [2.24, 2.45) is 11.8 Å². The van der Waals surface area contributed by atoms with E-state index in [1.54, 1.807) is 6.92 Å². The fourth-order valence-electron chi connectivity index (χ4n) is 4.56. The van der Waals surface area contributed by atoms with Gasteiger partial charge in [0.15, 0.2) is 23.3 Å². The van der Waals surface area contributed by atoms with Crippen molar-refractivity contribution >= 4 is 0 Å². The molecule has 2 bridgehead atoms. The zero-order valence-corrected chi connectivity index (χ0v) is 11.0. The van der Waals surface area contributed by atoms with Crippen LogP contribution in [0.25, 0.3) is 0 Å². The smallest absolute Gasteiger partial charge is 0.197 e. The molecule has 5 heteroatoms. The van der Waals surface area contributed by atoms with Crippen LogP contribution in [0.3, 0.4) is 0 Å². The van der Waals surface area contributed by atoms with E-state index in [4.69, 9.17) is 4.74 Å². The van der Waals surface area contributed by atoms with E-state index in [2.05, 4.69) is 0 Å². The van der Waals surface area contributed by atoms with Crippen LogP contribution in [0.2, 0.25) is 0 Å². The van der Waals surface area contributed by atoms with Gasteiger partial charge >= 0.3 is 0 Å². The largest absolute Gasteiger partial charge is 0.362 e. The Morgan fingerprint density at radius 1 is 0.950 bits per heavy atom. The quantitative estimate of drug-likeness (QED) is 0.391. The van der Waals surface area contributed by atoms with Crippen molar-refractivity contribution in [3.63, 3.8) is 0 Å². The van der Waals surface area contributed by atoms with Gasteiger partial charge in [-0.15, -0.1) is 0 Å². The van der Waals surface area contributed by atoms with E-state index in [-0.39, 0.29) is 23.0 Å². The molecule has 2 aliphatic heterocycles. The average Bonchev–Trinajstić information content (AvgIpc) is 2.92. The molecule has 20 heavy (non-hydrogen) atoms. The highest BCUT2D eigenvalue weighted by molar-refractivity contribution is 5.45. The van der Waals surface area contributed by atoms with Gasteiger partial charge in [0.25, 0.3) is 0 Å². The van der Waals surface area contributed by atoms with Crippen LogP contribution in [0.5, 0.6) is 0 Å². The van der Waals surface area contributed by atoms with E-state index in [1.165, 1.54) is 0 Å². The van der Waals surface area contributed by atoms with Crippen LogP contribution < -0.4 is 0 Å². The monoisotopic (exact) mass is 286 g/mol. The van der Waals surface area contributed by atoms with Gasteiger partial charge in [-0.1, -0.05) is 12.8 Å². The van der Waals surface area contributed by atoms with E-state index < -0.39 is 35.0 Å². The molecule has 1 nitrogen and oxygen atoms in total. The third-order valence-corrected chi connectivity index (χ3v) is 5.37. The van der Waals surface area contributed by atoms with Crippen LogP contribution in [-0.2, 0) is 10.3 Å². The molecule has 0 amide bonds. The summed E-state index contributed by atoms with van der Waals surface area (Å²) in [6, 6.07) is 0. The summed E-state index contributed by atoms with van der Waals surface area (Å²) in [4.78, 5) is 0. The summed E-state index contributed by atoms with van der Waals surface area (Å²) in [5.41, 5.74) is -1.21. The normalized spacial score (nSPS) is 38.0.